The van der Waals surface area contributed by atoms with E-state index < -0.39 is 23.3 Å². The molecule has 0 fully saturated rings. The predicted octanol–water partition coefficient (Wildman–Crippen LogP) is 2.97. The highest BCUT2D eigenvalue weighted by atomic mass is 16.6. The van der Waals surface area contributed by atoms with Gasteiger partial charge in [0.1, 0.15) is 11.3 Å². The molecule has 9 nitrogen and oxygen atoms in total. The molecule has 0 bridgehead atoms. The molecule has 0 aliphatic carbocycles. The summed E-state index contributed by atoms with van der Waals surface area (Å²) in [6, 6.07) is 6.89. The minimum absolute atomic E-state index is 0.0443. The Morgan fingerprint density at radius 3 is 2.14 bits per heavy atom. The molecule has 0 aliphatic rings. The van der Waals surface area contributed by atoms with Crippen molar-refractivity contribution in [3.63, 3.8) is 0 Å². The van der Waals surface area contributed by atoms with Crippen LogP contribution in [0.2, 0.25) is 0 Å². The van der Waals surface area contributed by atoms with Crippen LogP contribution in [0, 0.1) is 17.0 Å². The predicted molar refractivity (Wildman–Crippen MR) is 98.5 cm³/mol. The van der Waals surface area contributed by atoms with Crippen molar-refractivity contribution in [3.05, 3.63) is 57.1 Å². The first-order valence-electron chi connectivity index (χ1n) is 8.07. The Balaban J connectivity index is 2.19. The van der Waals surface area contributed by atoms with Crippen molar-refractivity contribution >= 4 is 17.4 Å². The first-order chi connectivity index (χ1) is 13.3. The topological polar surface area (TPSA) is 114 Å². The smallest absolute Gasteiger partial charge is 0.342 e. The third kappa shape index (κ3) is 4.37. The molecule has 0 aliphatic heterocycles. The second-order valence-corrected chi connectivity index (χ2v) is 5.67. The molecule has 28 heavy (non-hydrogen) atoms. The molecule has 0 radical (unpaired) electrons. The van der Waals surface area contributed by atoms with E-state index in [1.807, 2.05) is 0 Å². The fourth-order valence-electron chi connectivity index (χ4n) is 2.46. The quantitative estimate of drug-likeness (QED) is 0.293. The van der Waals surface area contributed by atoms with Crippen molar-refractivity contribution in [1.29, 1.82) is 0 Å². The number of nitrogens with zero attached hydrogens (tertiary/aromatic N) is 1. The summed E-state index contributed by atoms with van der Waals surface area (Å²) >= 11 is 0. The lowest BCUT2D eigenvalue weighted by Crippen LogP contribution is -2.15. The highest BCUT2D eigenvalue weighted by Crippen LogP contribution is 2.35. The van der Waals surface area contributed by atoms with Crippen LogP contribution in [0.25, 0.3) is 0 Å². The van der Waals surface area contributed by atoms with Gasteiger partial charge in [0.25, 0.3) is 5.69 Å². The number of ether oxygens (including phenoxy) is 4. The number of carbonyl (C=O) groups excluding carboxylic acids is 2. The third-order valence-corrected chi connectivity index (χ3v) is 3.99. The van der Waals surface area contributed by atoms with E-state index in [4.69, 9.17) is 18.9 Å². The lowest BCUT2D eigenvalue weighted by atomic mass is 10.1. The molecule has 2 rings (SSSR count). The van der Waals surface area contributed by atoms with Gasteiger partial charge in [0, 0.05) is 29.3 Å². The Morgan fingerprint density at radius 1 is 0.964 bits per heavy atom. The lowest BCUT2D eigenvalue weighted by Gasteiger charge is -2.13. The van der Waals surface area contributed by atoms with Crippen LogP contribution >= 0.6 is 0 Å². The van der Waals surface area contributed by atoms with Gasteiger partial charge in [-0.2, -0.15) is 0 Å². The van der Waals surface area contributed by atoms with E-state index in [0.717, 1.165) is 6.07 Å². The normalized spacial score (nSPS) is 10.1. The minimum Gasteiger partial charge on any atom is -0.496 e. The van der Waals surface area contributed by atoms with Crippen molar-refractivity contribution in [2.75, 3.05) is 27.9 Å². The van der Waals surface area contributed by atoms with Gasteiger partial charge in [-0.1, -0.05) is 12.1 Å². The van der Waals surface area contributed by atoms with Crippen molar-refractivity contribution in [2.45, 2.75) is 6.92 Å². The van der Waals surface area contributed by atoms with Gasteiger partial charge in [-0.25, -0.2) is 4.79 Å². The summed E-state index contributed by atoms with van der Waals surface area (Å²) in [6.07, 6.45) is 0. The zero-order chi connectivity index (χ0) is 20.8. The summed E-state index contributed by atoms with van der Waals surface area (Å²) in [5.74, 6) is -0.556. The van der Waals surface area contributed by atoms with Crippen LogP contribution in [-0.4, -0.2) is 44.6 Å². The van der Waals surface area contributed by atoms with Crippen molar-refractivity contribution < 1.29 is 33.5 Å². The van der Waals surface area contributed by atoms with Crippen LogP contribution in [0.1, 0.15) is 26.3 Å². The van der Waals surface area contributed by atoms with E-state index in [1.54, 1.807) is 6.92 Å². The van der Waals surface area contributed by atoms with E-state index in [2.05, 4.69) is 0 Å². The maximum absolute atomic E-state index is 12.4. The number of hydrogen-bond donors (Lipinski definition) is 0. The van der Waals surface area contributed by atoms with E-state index >= 15 is 0 Å². The molecule has 0 atom stereocenters. The zero-order valence-electron chi connectivity index (χ0n) is 15.8. The van der Waals surface area contributed by atoms with Crippen LogP contribution in [0.3, 0.4) is 0 Å². The van der Waals surface area contributed by atoms with Gasteiger partial charge in [0.05, 0.1) is 26.3 Å². The van der Waals surface area contributed by atoms with Gasteiger partial charge < -0.3 is 18.9 Å². The molecule has 148 valence electrons. The average molecular weight is 389 g/mol. The Kier molecular flexibility index (Phi) is 6.54. The van der Waals surface area contributed by atoms with Crippen LogP contribution in [0.4, 0.5) is 5.69 Å². The Hall–Kier alpha value is -3.62. The van der Waals surface area contributed by atoms with Gasteiger partial charge in [-0.15, -0.1) is 0 Å². The van der Waals surface area contributed by atoms with E-state index in [9.17, 15) is 19.7 Å². The summed E-state index contributed by atoms with van der Waals surface area (Å²) < 4.78 is 20.5. The fraction of sp³-hybridized carbons (Fsp3) is 0.263. The number of aryl methyl sites for hydroxylation is 1. The van der Waals surface area contributed by atoms with Gasteiger partial charge >= 0.3 is 5.97 Å². The number of nitro groups is 1. The SMILES string of the molecule is COc1cc(OC)c(C(=O)OCC(=O)c2ccc(C)c([N+](=O)[O-])c2)cc1OC. The fourth-order valence-corrected chi connectivity index (χ4v) is 2.46. The molecule has 2 aromatic carbocycles. The summed E-state index contributed by atoms with van der Waals surface area (Å²) in [5.41, 5.74) is 0.361. The van der Waals surface area contributed by atoms with Crippen LogP contribution in [0.5, 0.6) is 17.2 Å². The summed E-state index contributed by atoms with van der Waals surface area (Å²) in [4.78, 5) is 35.1. The number of rotatable bonds is 8. The number of esters is 1. The van der Waals surface area contributed by atoms with Crippen molar-refractivity contribution in [3.8, 4) is 17.2 Å². The second kappa shape index (κ2) is 8.85. The Labute approximate surface area is 160 Å². The molecule has 0 heterocycles. The molecule has 2 aromatic rings. The standard InChI is InChI=1S/C19H19NO8/c1-11-5-6-12(7-14(11)20(23)24)15(21)10-28-19(22)13-8-17(26-3)18(27-4)9-16(13)25-2/h5-9H,10H2,1-4H3. The largest absolute Gasteiger partial charge is 0.496 e. The first-order valence-corrected chi connectivity index (χ1v) is 8.07. The number of ketones is 1. The van der Waals surface area contributed by atoms with E-state index in [-0.39, 0.29) is 28.3 Å². The number of methoxy groups -OCH3 is 3. The van der Waals surface area contributed by atoms with E-state index in [0.29, 0.717) is 11.3 Å². The third-order valence-electron chi connectivity index (χ3n) is 3.99. The summed E-state index contributed by atoms with van der Waals surface area (Å²) in [7, 11) is 4.22. The molecule has 0 saturated carbocycles. The number of carbonyl (C=O) groups is 2. The van der Waals surface area contributed by atoms with Gasteiger partial charge in [0.15, 0.2) is 18.1 Å². The molecule has 0 unspecified atom stereocenters. The number of Topliss-reactive ketones (excluding diaryl/α,β-unsaturated/α-hetero) is 1. The van der Waals surface area contributed by atoms with Crippen LogP contribution < -0.4 is 14.2 Å². The van der Waals surface area contributed by atoms with Crippen molar-refractivity contribution in [1.82, 2.24) is 0 Å². The van der Waals surface area contributed by atoms with Crippen molar-refractivity contribution in [2.24, 2.45) is 0 Å². The van der Waals surface area contributed by atoms with Gasteiger partial charge in [-0.3, -0.25) is 14.9 Å². The number of benzene rings is 2. The maximum Gasteiger partial charge on any atom is 0.342 e. The second-order valence-electron chi connectivity index (χ2n) is 5.67. The van der Waals surface area contributed by atoms with Gasteiger partial charge in [-0.05, 0) is 6.92 Å². The number of hydrogen-bond acceptors (Lipinski definition) is 8. The van der Waals surface area contributed by atoms with Crippen LogP contribution in [0.15, 0.2) is 30.3 Å². The molecular formula is C19H19NO8. The average Bonchev–Trinajstić information content (AvgIpc) is 2.70. The molecule has 9 heteroatoms. The molecule has 0 N–H and O–H groups in total. The first kappa shape index (κ1) is 20.7. The zero-order valence-corrected chi connectivity index (χ0v) is 15.8. The van der Waals surface area contributed by atoms with Crippen LogP contribution in [-0.2, 0) is 4.74 Å². The number of nitro benzene ring substituents is 1. The molecule has 0 saturated heterocycles. The Morgan fingerprint density at radius 2 is 1.57 bits per heavy atom. The highest BCUT2D eigenvalue weighted by Gasteiger charge is 2.21. The van der Waals surface area contributed by atoms with Gasteiger partial charge in [0.2, 0.25) is 5.78 Å². The molecular weight excluding hydrogens is 370 g/mol. The summed E-state index contributed by atoms with van der Waals surface area (Å²) in [5, 5.41) is 11.0. The van der Waals surface area contributed by atoms with E-state index in [1.165, 1.54) is 45.6 Å². The lowest BCUT2D eigenvalue weighted by molar-refractivity contribution is -0.385. The summed E-state index contributed by atoms with van der Waals surface area (Å²) in [6.45, 7) is 0.978. The highest BCUT2D eigenvalue weighted by molar-refractivity contribution is 6.00. The molecule has 0 amide bonds. The monoisotopic (exact) mass is 389 g/mol. The maximum atomic E-state index is 12.4. The molecule has 0 aromatic heterocycles. The Bertz CT molecular complexity index is 922. The minimum atomic E-state index is -0.812. The molecule has 0 spiro atoms.